The van der Waals surface area contributed by atoms with Crippen molar-refractivity contribution in [3.63, 3.8) is 0 Å². The summed E-state index contributed by atoms with van der Waals surface area (Å²) in [6.45, 7) is 0.956. The number of benzene rings is 1. The summed E-state index contributed by atoms with van der Waals surface area (Å²) < 4.78 is 37.0. The van der Waals surface area contributed by atoms with Crippen molar-refractivity contribution in [1.82, 2.24) is 19.7 Å². The zero-order chi connectivity index (χ0) is 22.2. The predicted molar refractivity (Wildman–Crippen MR) is 116 cm³/mol. The summed E-state index contributed by atoms with van der Waals surface area (Å²) in [5.41, 5.74) is 1.87. The number of aromatic nitrogens is 3. The maximum absolute atomic E-state index is 11.2. The molecule has 0 aliphatic carbocycles. The summed E-state index contributed by atoms with van der Waals surface area (Å²) in [7, 11) is -1.11. The molecule has 1 aromatic carbocycles. The number of nitrogens with one attached hydrogen (secondary N) is 2. The van der Waals surface area contributed by atoms with Gasteiger partial charge in [0.15, 0.2) is 11.8 Å². The number of aliphatic hydroxyl groups excluding tert-OH is 1. The van der Waals surface area contributed by atoms with Gasteiger partial charge in [0, 0.05) is 12.8 Å². The van der Waals surface area contributed by atoms with E-state index in [1.165, 1.54) is 0 Å². The van der Waals surface area contributed by atoms with Crippen LogP contribution in [0.15, 0.2) is 30.3 Å². The third-order valence-electron chi connectivity index (χ3n) is 5.21. The van der Waals surface area contributed by atoms with E-state index in [-0.39, 0.29) is 30.7 Å². The van der Waals surface area contributed by atoms with E-state index in [0.717, 1.165) is 5.56 Å². The molecule has 170 valence electrons. The van der Waals surface area contributed by atoms with Crippen LogP contribution >= 0.6 is 11.6 Å². The predicted octanol–water partition coefficient (Wildman–Crippen LogP) is 1.69. The number of aromatic amines is 1. The summed E-state index contributed by atoms with van der Waals surface area (Å²) in [6.07, 6.45) is -0.204. The Labute approximate surface area is 190 Å². The second-order valence-electron chi connectivity index (χ2n) is 7.53. The smallest absolute Gasteiger partial charge is 0.296 e. The van der Waals surface area contributed by atoms with Crippen molar-refractivity contribution in [3.8, 4) is 17.6 Å². The SMILES string of the molecule is CS(=O)NCc1cccc(Oc2nc3nc(O[C@@H]4CO[C@H]5C4OC[C@H]5O)[nH]c3cc2Cl)c1. The van der Waals surface area contributed by atoms with E-state index in [1.807, 2.05) is 18.2 Å². The molecule has 2 aromatic heterocycles. The summed E-state index contributed by atoms with van der Waals surface area (Å²) in [5.74, 6) is 0.742. The molecule has 10 nitrogen and oxygen atoms in total. The molecule has 3 aromatic rings. The van der Waals surface area contributed by atoms with Crippen molar-refractivity contribution in [2.75, 3.05) is 19.5 Å². The largest absolute Gasteiger partial charge is 0.456 e. The maximum atomic E-state index is 11.2. The van der Waals surface area contributed by atoms with Gasteiger partial charge < -0.3 is 29.0 Å². The molecule has 2 aliphatic heterocycles. The molecule has 4 heterocycles. The first-order chi connectivity index (χ1) is 15.5. The summed E-state index contributed by atoms with van der Waals surface area (Å²) in [4.78, 5) is 11.8. The molecule has 0 spiro atoms. The fourth-order valence-corrected chi connectivity index (χ4v) is 4.27. The lowest BCUT2D eigenvalue weighted by atomic mass is 10.1. The number of ether oxygens (including phenoxy) is 4. The van der Waals surface area contributed by atoms with E-state index in [9.17, 15) is 9.32 Å². The molecule has 5 rings (SSSR count). The lowest BCUT2D eigenvalue weighted by Gasteiger charge is -2.15. The number of halogens is 1. The van der Waals surface area contributed by atoms with Gasteiger partial charge in [-0.05, 0) is 23.8 Å². The molecule has 2 aliphatic rings. The normalized spacial score (nSPS) is 25.7. The lowest BCUT2D eigenvalue weighted by molar-refractivity contribution is 0.00706. The standard InChI is InChI=1S/C20H21ClN4O6S/c1-32(27)22-7-10-3-2-4-11(5-10)30-19-12(21)6-13-18(24-19)25-20(23-13)31-15-9-29-16-14(26)8-28-17(15)16/h2-6,14-17,22,26H,7-9H2,1H3,(H,23,24,25)/t14-,15-,16-,17?,32?/m1/s1. The zero-order valence-corrected chi connectivity index (χ0v) is 18.6. The molecule has 0 radical (unpaired) electrons. The summed E-state index contributed by atoms with van der Waals surface area (Å²) in [6, 6.07) is 9.23. The van der Waals surface area contributed by atoms with Crippen molar-refractivity contribution in [3.05, 3.63) is 40.9 Å². The number of aliphatic hydroxyl groups is 1. The van der Waals surface area contributed by atoms with Gasteiger partial charge in [0.05, 0.1) is 29.7 Å². The van der Waals surface area contributed by atoms with E-state index in [1.54, 1.807) is 18.4 Å². The van der Waals surface area contributed by atoms with E-state index >= 15 is 0 Å². The van der Waals surface area contributed by atoms with Crippen LogP contribution in [0.25, 0.3) is 11.2 Å². The number of H-pyrrole nitrogens is 1. The van der Waals surface area contributed by atoms with E-state index in [0.29, 0.717) is 35.1 Å². The second-order valence-corrected chi connectivity index (χ2v) is 9.14. The van der Waals surface area contributed by atoms with Gasteiger partial charge in [-0.15, -0.1) is 0 Å². The van der Waals surface area contributed by atoms with Crippen LogP contribution in [0.4, 0.5) is 0 Å². The Kier molecular flexibility index (Phi) is 6.01. The Hall–Kier alpha value is -2.28. The second kappa shape index (κ2) is 8.93. The van der Waals surface area contributed by atoms with Gasteiger partial charge in [-0.2, -0.15) is 9.97 Å². The lowest BCUT2D eigenvalue weighted by Crippen LogP contribution is -2.34. The van der Waals surface area contributed by atoms with Crippen LogP contribution in [0.5, 0.6) is 17.6 Å². The Bertz CT molecular complexity index is 1160. The highest BCUT2D eigenvalue weighted by Gasteiger charge is 2.48. The Morgan fingerprint density at radius 3 is 2.97 bits per heavy atom. The van der Waals surface area contributed by atoms with Crippen LogP contribution in [0.1, 0.15) is 5.56 Å². The van der Waals surface area contributed by atoms with Gasteiger partial charge in [0.25, 0.3) is 6.01 Å². The van der Waals surface area contributed by atoms with Gasteiger partial charge in [-0.25, -0.2) is 8.93 Å². The first-order valence-corrected chi connectivity index (χ1v) is 11.9. The summed E-state index contributed by atoms with van der Waals surface area (Å²) in [5, 5.41) is 10.2. The highest BCUT2D eigenvalue weighted by atomic mass is 35.5. The number of hydrogen-bond acceptors (Lipinski definition) is 8. The quantitative estimate of drug-likeness (QED) is 0.466. The van der Waals surface area contributed by atoms with Crippen LogP contribution in [-0.2, 0) is 27.0 Å². The minimum Gasteiger partial charge on any atom is -0.456 e. The number of hydrogen-bond donors (Lipinski definition) is 3. The molecule has 3 N–H and O–H groups in total. The first kappa shape index (κ1) is 21.6. The highest BCUT2D eigenvalue weighted by molar-refractivity contribution is 7.82. The molecule has 32 heavy (non-hydrogen) atoms. The fourth-order valence-electron chi connectivity index (χ4n) is 3.71. The van der Waals surface area contributed by atoms with E-state index in [2.05, 4.69) is 19.7 Å². The summed E-state index contributed by atoms with van der Waals surface area (Å²) >= 11 is 6.37. The molecule has 2 fully saturated rings. The van der Waals surface area contributed by atoms with Crippen molar-refractivity contribution in [2.24, 2.45) is 0 Å². The van der Waals surface area contributed by atoms with Crippen LogP contribution in [0.2, 0.25) is 5.02 Å². The van der Waals surface area contributed by atoms with Gasteiger partial charge in [-0.1, -0.05) is 23.7 Å². The van der Waals surface area contributed by atoms with E-state index < -0.39 is 23.2 Å². The number of rotatable bonds is 7. The minimum absolute atomic E-state index is 0.202. The van der Waals surface area contributed by atoms with Crippen molar-refractivity contribution in [2.45, 2.75) is 31.0 Å². The minimum atomic E-state index is -1.11. The molecule has 5 atom stereocenters. The van der Waals surface area contributed by atoms with E-state index in [4.69, 9.17) is 30.5 Å². The van der Waals surface area contributed by atoms with Crippen LogP contribution < -0.4 is 14.2 Å². The number of pyridine rings is 1. The fraction of sp³-hybridized carbons (Fsp3) is 0.400. The molecule has 2 unspecified atom stereocenters. The molecular weight excluding hydrogens is 460 g/mol. The average molecular weight is 481 g/mol. The number of fused-ring (bicyclic) bond motifs is 2. The topological polar surface area (TPSA) is 128 Å². The van der Waals surface area contributed by atoms with Crippen molar-refractivity contribution >= 4 is 33.8 Å². The Balaban J connectivity index is 1.32. The van der Waals surface area contributed by atoms with Gasteiger partial charge in [-0.3, -0.25) is 0 Å². The zero-order valence-electron chi connectivity index (χ0n) is 17.0. The average Bonchev–Trinajstić information content (AvgIpc) is 3.44. The number of imidazole rings is 1. The van der Waals surface area contributed by atoms with Gasteiger partial charge in [0.1, 0.15) is 29.1 Å². The van der Waals surface area contributed by atoms with Crippen LogP contribution in [0.3, 0.4) is 0 Å². The monoisotopic (exact) mass is 480 g/mol. The molecule has 2 saturated heterocycles. The first-order valence-electron chi connectivity index (χ1n) is 9.94. The highest BCUT2D eigenvalue weighted by Crippen LogP contribution is 2.33. The van der Waals surface area contributed by atoms with Gasteiger partial charge >= 0.3 is 0 Å². The molecule has 0 bridgehead atoms. The van der Waals surface area contributed by atoms with Crippen LogP contribution in [-0.4, -0.2) is 68.2 Å². The molecule has 0 saturated carbocycles. The van der Waals surface area contributed by atoms with Crippen molar-refractivity contribution < 1.29 is 28.3 Å². The third-order valence-corrected chi connectivity index (χ3v) is 6.03. The van der Waals surface area contributed by atoms with Crippen molar-refractivity contribution in [1.29, 1.82) is 0 Å². The molecule has 12 heteroatoms. The number of nitrogens with zero attached hydrogens (tertiary/aromatic N) is 2. The maximum Gasteiger partial charge on any atom is 0.296 e. The van der Waals surface area contributed by atoms with Crippen LogP contribution in [0, 0.1) is 0 Å². The molecule has 0 amide bonds. The Morgan fingerprint density at radius 2 is 2.12 bits per heavy atom. The Morgan fingerprint density at radius 1 is 1.28 bits per heavy atom. The third kappa shape index (κ3) is 4.45. The molecular formula is C20H21ClN4O6S. The van der Waals surface area contributed by atoms with Gasteiger partial charge in [0.2, 0.25) is 5.88 Å².